The van der Waals surface area contributed by atoms with Crippen molar-refractivity contribution < 1.29 is 18.3 Å². The molecule has 0 N–H and O–H groups in total. The fraction of sp³-hybridized carbons (Fsp3) is 0.529. The molecule has 1 aromatic carbocycles. The van der Waals surface area contributed by atoms with Gasteiger partial charge in [0.1, 0.15) is 0 Å². The molecule has 1 aliphatic rings. The molecule has 1 fully saturated rings. The average Bonchev–Trinajstić information content (AvgIpc) is 2.49. The second kappa shape index (κ2) is 7.55. The average molecular weight is 296 g/mol. The molecule has 2 nitrogen and oxygen atoms in total. The van der Waals surface area contributed by atoms with Crippen molar-refractivity contribution in [1.82, 2.24) is 0 Å². The zero-order valence-electron chi connectivity index (χ0n) is 12.6. The van der Waals surface area contributed by atoms with Crippen LogP contribution in [0.5, 0.6) is 5.75 Å². The van der Waals surface area contributed by atoms with E-state index in [1.165, 1.54) is 18.4 Å². The van der Waals surface area contributed by atoms with Gasteiger partial charge in [-0.25, -0.2) is 4.39 Å². The van der Waals surface area contributed by atoms with E-state index >= 15 is 0 Å². The third-order valence-electron chi connectivity index (χ3n) is 3.90. The van der Waals surface area contributed by atoms with Crippen molar-refractivity contribution in [3.8, 4) is 5.75 Å². The highest BCUT2D eigenvalue weighted by Crippen LogP contribution is 2.28. The minimum atomic E-state index is -0.966. The van der Waals surface area contributed by atoms with E-state index in [1.54, 1.807) is 13.0 Å². The summed E-state index contributed by atoms with van der Waals surface area (Å²) < 4.78 is 38.5. The van der Waals surface area contributed by atoms with Crippen LogP contribution in [0.2, 0.25) is 0 Å². The smallest absolute Gasteiger partial charge is 0.201 e. The van der Waals surface area contributed by atoms with Gasteiger partial charge in [0.05, 0.1) is 19.0 Å². The van der Waals surface area contributed by atoms with E-state index in [9.17, 15) is 8.78 Å². The molecule has 0 heterocycles. The van der Waals surface area contributed by atoms with Gasteiger partial charge in [-0.15, -0.1) is 0 Å². The summed E-state index contributed by atoms with van der Waals surface area (Å²) in [4.78, 5) is 0. The zero-order chi connectivity index (χ0) is 15.2. The van der Waals surface area contributed by atoms with Gasteiger partial charge in [0.2, 0.25) is 5.82 Å². The molecule has 0 aromatic heterocycles. The van der Waals surface area contributed by atoms with E-state index in [4.69, 9.17) is 9.47 Å². The van der Waals surface area contributed by atoms with Crippen molar-refractivity contribution in [3.05, 3.63) is 41.7 Å². The van der Waals surface area contributed by atoms with Crippen molar-refractivity contribution in [2.75, 3.05) is 0 Å². The predicted molar refractivity (Wildman–Crippen MR) is 78.0 cm³/mol. The van der Waals surface area contributed by atoms with Crippen LogP contribution in [-0.2, 0) is 11.3 Å². The quantitative estimate of drug-likeness (QED) is 0.714. The van der Waals surface area contributed by atoms with Crippen LogP contribution in [0.3, 0.4) is 0 Å². The van der Waals surface area contributed by atoms with Crippen LogP contribution < -0.4 is 4.74 Å². The first-order valence-electron chi connectivity index (χ1n) is 7.48. The van der Waals surface area contributed by atoms with E-state index < -0.39 is 11.6 Å². The Labute approximate surface area is 124 Å². The summed E-state index contributed by atoms with van der Waals surface area (Å²) in [6, 6.07) is 2.95. The highest BCUT2D eigenvalue weighted by molar-refractivity contribution is 5.31. The first kappa shape index (κ1) is 16.0. The Morgan fingerprint density at radius 3 is 2.52 bits per heavy atom. The van der Waals surface area contributed by atoms with Crippen molar-refractivity contribution in [2.45, 2.75) is 52.2 Å². The standard InChI is InChI=1S/C17H22F2O2/c1-3-10-20-15-9-6-13(16(18)17(15)19)11-21-14-7-4-12(2)5-8-14/h3,6,9-10,12,14H,4-5,7-8,11H2,1-2H3. The van der Waals surface area contributed by atoms with Crippen LogP contribution in [0.4, 0.5) is 8.78 Å². The highest BCUT2D eigenvalue weighted by Gasteiger charge is 2.20. The predicted octanol–water partition coefficient (Wildman–Crippen LogP) is 4.97. The number of hydrogen-bond acceptors (Lipinski definition) is 2. The van der Waals surface area contributed by atoms with Crippen LogP contribution in [0.25, 0.3) is 0 Å². The second-order valence-electron chi connectivity index (χ2n) is 5.63. The minimum Gasteiger partial charge on any atom is -0.462 e. The van der Waals surface area contributed by atoms with E-state index in [-0.39, 0.29) is 24.0 Å². The zero-order valence-corrected chi connectivity index (χ0v) is 12.6. The Kier molecular flexibility index (Phi) is 5.74. The first-order valence-corrected chi connectivity index (χ1v) is 7.48. The van der Waals surface area contributed by atoms with Crippen LogP contribution in [-0.4, -0.2) is 6.10 Å². The number of ether oxygens (including phenoxy) is 2. The highest BCUT2D eigenvalue weighted by atomic mass is 19.2. The van der Waals surface area contributed by atoms with Crippen LogP contribution in [0, 0.1) is 17.6 Å². The summed E-state index contributed by atoms with van der Waals surface area (Å²) in [5, 5.41) is 0. The molecule has 0 spiro atoms. The second-order valence-corrected chi connectivity index (χ2v) is 5.63. The third-order valence-corrected chi connectivity index (χ3v) is 3.90. The van der Waals surface area contributed by atoms with Crippen LogP contribution in [0.1, 0.15) is 45.1 Å². The molecule has 21 heavy (non-hydrogen) atoms. The van der Waals surface area contributed by atoms with Gasteiger partial charge in [0, 0.05) is 5.56 Å². The lowest BCUT2D eigenvalue weighted by molar-refractivity contribution is 0.00735. The molecule has 1 aromatic rings. The molecule has 0 unspecified atom stereocenters. The number of benzene rings is 1. The van der Waals surface area contributed by atoms with E-state index in [0.717, 1.165) is 31.6 Å². The minimum absolute atomic E-state index is 0.103. The van der Waals surface area contributed by atoms with Crippen LogP contribution in [0.15, 0.2) is 24.5 Å². The summed E-state index contributed by atoms with van der Waals surface area (Å²) >= 11 is 0. The summed E-state index contributed by atoms with van der Waals surface area (Å²) in [5.74, 6) is -1.23. The molecule has 0 bridgehead atoms. The molecule has 0 radical (unpaired) electrons. The molecule has 0 aliphatic heterocycles. The summed E-state index contributed by atoms with van der Waals surface area (Å²) in [6.45, 7) is 4.07. The third kappa shape index (κ3) is 4.27. The van der Waals surface area contributed by atoms with Gasteiger partial charge in [0.25, 0.3) is 0 Å². The molecule has 2 rings (SSSR count). The van der Waals surface area contributed by atoms with Gasteiger partial charge in [-0.05, 0) is 50.7 Å². The maximum atomic E-state index is 13.9. The van der Waals surface area contributed by atoms with Gasteiger partial charge in [0.15, 0.2) is 11.6 Å². The Morgan fingerprint density at radius 1 is 1.14 bits per heavy atom. The molecule has 1 aliphatic carbocycles. The van der Waals surface area contributed by atoms with Gasteiger partial charge < -0.3 is 9.47 Å². The van der Waals surface area contributed by atoms with E-state index in [0.29, 0.717) is 0 Å². The number of halogens is 2. The van der Waals surface area contributed by atoms with Crippen molar-refractivity contribution in [3.63, 3.8) is 0 Å². The van der Waals surface area contributed by atoms with Gasteiger partial charge in [-0.3, -0.25) is 0 Å². The van der Waals surface area contributed by atoms with Gasteiger partial charge in [-0.1, -0.05) is 13.0 Å². The lowest BCUT2D eigenvalue weighted by Crippen LogP contribution is -2.20. The molecular formula is C17H22F2O2. The van der Waals surface area contributed by atoms with Crippen molar-refractivity contribution >= 4 is 0 Å². The summed E-state index contributed by atoms with van der Waals surface area (Å²) in [7, 11) is 0. The molecule has 1 saturated carbocycles. The van der Waals surface area contributed by atoms with Crippen LogP contribution >= 0.6 is 0 Å². The normalized spacial score (nSPS) is 22.7. The molecule has 0 atom stereocenters. The molecule has 0 saturated heterocycles. The fourth-order valence-electron chi connectivity index (χ4n) is 2.52. The maximum Gasteiger partial charge on any atom is 0.201 e. The molecule has 4 heteroatoms. The number of rotatable bonds is 5. The Balaban J connectivity index is 1.96. The van der Waals surface area contributed by atoms with Crippen molar-refractivity contribution in [2.24, 2.45) is 5.92 Å². The Morgan fingerprint density at radius 2 is 1.86 bits per heavy atom. The van der Waals surface area contributed by atoms with E-state index in [1.807, 2.05) is 0 Å². The monoisotopic (exact) mass is 296 g/mol. The Bertz CT molecular complexity index is 492. The van der Waals surface area contributed by atoms with E-state index in [2.05, 4.69) is 6.92 Å². The Hall–Kier alpha value is -1.42. The summed E-state index contributed by atoms with van der Waals surface area (Å²) in [5.41, 5.74) is 0.235. The largest absolute Gasteiger partial charge is 0.462 e. The van der Waals surface area contributed by atoms with Gasteiger partial charge >= 0.3 is 0 Å². The van der Waals surface area contributed by atoms with Crippen molar-refractivity contribution in [1.29, 1.82) is 0 Å². The SMILES string of the molecule is CC=COc1ccc(COC2CCC(C)CC2)c(F)c1F. The fourth-order valence-corrected chi connectivity index (χ4v) is 2.52. The lowest BCUT2D eigenvalue weighted by atomic mass is 9.89. The van der Waals surface area contributed by atoms with Gasteiger partial charge in [-0.2, -0.15) is 4.39 Å². The molecule has 116 valence electrons. The number of hydrogen-bond donors (Lipinski definition) is 0. The molecule has 0 amide bonds. The first-order chi connectivity index (χ1) is 10.1. The topological polar surface area (TPSA) is 18.5 Å². The number of allylic oxidation sites excluding steroid dienone is 1. The maximum absolute atomic E-state index is 13.9. The summed E-state index contributed by atoms with van der Waals surface area (Å²) in [6.07, 6.45) is 7.34. The lowest BCUT2D eigenvalue weighted by Gasteiger charge is -2.26. The molecular weight excluding hydrogens is 274 g/mol.